The first kappa shape index (κ1) is 46.3. The van der Waals surface area contributed by atoms with Gasteiger partial charge in [-0.15, -0.1) is 0 Å². The number of benzene rings is 1. The van der Waals surface area contributed by atoms with Crippen LogP contribution in [0.2, 0.25) is 0 Å². The van der Waals surface area contributed by atoms with E-state index in [1.165, 1.54) is 0 Å². The van der Waals surface area contributed by atoms with Crippen LogP contribution in [0.25, 0.3) is 0 Å². The first-order valence-corrected chi connectivity index (χ1v) is 22.9. The summed E-state index contributed by atoms with van der Waals surface area (Å²) in [6.45, 7) is 20.0. The maximum atomic E-state index is 14.6. The average Bonchev–Trinajstić information content (AvgIpc) is 3.57. The van der Waals surface area contributed by atoms with Crippen molar-refractivity contribution in [2.75, 3.05) is 5.32 Å². The second-order valence-electron chi connectivity index (χ2n) is 19.4. The molecule has 0 saturated carbocycles. The number of carbonyl (C=O) groups is 2. The topological polar surface area (TPSA) is 153 Å². The standard InChI is InChI=1S/C48H75NO10/c1-11-35(44(53)49-34-17-15-14-16-18-34)37-20-19-28(4)42(56-37)32(8)40(51)31(7)41(52)36(12-2)43-29(5)27-30(6)47(57-43)24-21-38(50)48(59-47)26-25-45(10,58-48)39-22-23-46(54,13-3)33(9)55-39/h14-18,21,24,28-33,35-40,42-43,50-51,54H,11-13,19-20,22-23,25-27H2,1-10H3,(H,49,53)/t28-,29-,30+,31-,32-,33-,35+,36-,37+,38+,39+,40+,42+,43-,45-,46+,47-,48-/m0/s1. The van der Waals surface area contributed by atoms with Crippen molar-refractivity contribution in [3.63, 3.8) is 0 Å². The molecule has 0 aliphatic carbocycles. The molecule has 4 N–H and O–H groups in total. The molecule has 1 aromatic carbocycles. The number of aliphatic hydroxyl groups excluding tert-OH is 2. The molecule has 0 aromatic heterocycles. The molecule has 1 amide bonds. The first-order chi connectivity index (χ1) is 27.9. The van der Waals surface area contributed by atoms with Crippen LogP contribution in [0.5, 0.6) is 0 Å². The van der Waals surface area contributed by atoms with E-state index in [2.05, 4.69) is 26.1 Å². The van der Waals surface area contributed by atoms with E-state index in [1.54, 1.807) is 6.08 Å². The lowest BCUT2D eigenvalue weighted by Gasteiger charge is -2.54. The van der Waals surface area contributed by atoms with E-state index in [4.69, 9.17) is 23.7 Å². The second kappa shape index (κ2) is 18.2. The smallest absolute Gasteiger partial charge is 0.230 e. The van der Waals surface area contributed by atoms with Crippen molar-refractivity contribution >= 4 is 17.4 Å². The summed E-state index contributed by atoms with van der Waals surface area (Å²) >= 11 is 0. The number of Topliss-reactive ketones (excluding diaryl/α,β-unsaturated/α-hetero) is 1. The van der Waals surface area contributed by atoms with Crippen molar-refractivity contribution in [1.29, 1.82) is 0 Å². The highest BCUT2D eigenvalue weighted by Crippen LogP contribution is 2.54. The molecule has 0 unspecified atom stereocenters. The number of para-hydroxylation sites is 1. The van der Waals surface area contributed by atoms with Crippen LogP contribution in [0, 0.1) is 41.4 Å². The highest BCUT2D eigenvalue weighted by Gasteiger charge is 2.63. The Kier molecular flexibility index (Phi) is 14.3. The maximum absolute atomic E-state index is 14.6. The third-order valence-corrected chi connectivity index (χ3v) is 15.5. The Morgan fingerprint density at radius 2 is 1.58 bits per heavy atom. The van der Waals surface area contributed by atoms with Gasteiger partial charge in [0.25, 0.3) is 0 Å². The van der Waals surface area contributed by atoms with Gasteiger partial charge in [0, 0.05) is 35.8 Å². The lowest BCUT2D eigenvalue weighted by atomic mass is 9.72. The van der Waals surface area contributed by atoms with Crippen molar-refractivity contribution in [3.05, 3.63) is 42.5 Å². The lowest BCUT2D eigenvalue weighted by Crippen LogP contribution is -2.63. The molecule has 5 aliphatic rings. The number of nitrogens with one attached hydrogen (secondary N) is 1. The summed E-state index contributed by atoms with van der Waals surface area (Å²) in [6.07, 6.45) is 6.10. The number of aliphatic hydroxyl groups is 3. The number of ketones is 1. The largest absolute Gasteiger partial charge is 0.392 e. The van der Waals surface area contributed by atoms with Gasteiger partial charge in [0.05, 0.1) is 53.7 Å². The van der Waals surface area contributed by atoms with Crippen LogP contribution in [-0.4, -0.2) is 92.5 Å². The van der Waals surface area contributed by atoms with Crippen LogP contribution < -0.4 is 5.32 Å². The zero-order valence-electron chi connectivity index (χ0n) is 37.4. The minimum Gasteiger partial charge on any atom is -0.392 e. The number of anilines is 1. The zero-order chi connectivity index (χ0) is 43.1. The Labute approximate surface area is 353 Å². The van der Waals surface area contributed by atoms with Gasteiger partial charge in [-0.3, -0.25) is 9.59 Å². The van der Waals surface area contributed by atoms with Crippen LogP contribution in [0.4, 0.5) is 5.69 Å². The van der Waals surface area contributed by atoms with E-state index >= 15 is 0 Å². The Balaban J connectivity index is 1.14. The van der Waals surface area contributed by atoms with Gasteiger partial charge in [0.15, 0.2) is 5.79 Å². The third kappa shape index (κ3) is 9.01. The van der Waals surface area contributed by atoms with Gasteiger partial charge in [-0.25, -0.2) is 0 Å². The predicted octanol–water partition coefficient (Wildman–Crippen LogP) is 7.74. The van der Waals surface area contributed by atoms with Crippen molar-refractivity contribution in [2.24, 2.45) is 41.4 Å². The van der Waals surface area contributed by atoms with E-state index in [0.29, 0.717) is 44.9 Å². The summed E-state index contributed by atoms with van der Waals surface area (Å²) < 4.78 is 34.0. The fraction of sp³-hybridized carbons (Fsp3) is 0.792. The van der Waals surface area contributed by atoms with Crippen LogP contribution in [0.15, 0.2) is 42.5 Å². The van der Waals surface area contributed by atoms with E-state index < -0.39 is 52.9 Å². The third-order valence-electron chi connectivity index (χ3n) is 15.5. The molecule has 0 radical (unpaired) electrons. The molecule has 332 valence electrons. The fourth-order valence-electron chi connectivity index (χ4n) is 11.3. The van der Waals surface area contributed by atoms with Crippen molar-refractivity contribution in [3.8, 4) is 0 Å². The van der Waals surface area contributed by atoms with Gasteiger partial charge in [-0.05, 0) is 108 Å². The van der Waals surface area contributed by atoms with E-state index in [1.807, 2.05) is 84.9 Å². The SMILES string of the molecule is CC[C@@H](C(=O)[C@@H](C)[C@@H](O)[C@H](C)[C@@H]1O[C@@H]([C@@H](CC)C(=O)Nc2ccccc2)CC[C@@H]1C)[C@H]1O[C@]2(C=C[C@@H](O)[C@]3(CC[C@@](C)([C@H]4CC[C@](O)(CC)[C@H](C)O4)O3)O2)[C@H](C)C[C@@H]1C. The Bertz CT molecular complexity index is 1630. The van der Waals surface area contributed by atoms with E-state index in [9.17, 15) is 24.9 Å². The maximum Gasteiger partial charge on any atom is 0.230 e. The number of hydrogen-bond donors (Lipinski definition) is 4. The average molecular weight is 826 g/mol. The molecule has 18 atom stereocenters. The van der Waals surface area contributed by atoms with Gasteiger partial charge < -0.3 is 44.3 Å². The zero-order valence-corrected chi connectivity index (χ0v) is 37.4. The van der Waals surface area contributed by atoms with Gasteiger partial charge in [0.2, 0.25) is 11.7 Å². The minimum atomic E-state index is -1.37. The predicted molar refractivity (Wildman–Crippen MR) is 226 cm³/mol. The summed E-state index contributed by atoms with van der Waals surface area (Å²) in [5.41, 5.74) is -0.880. The quantitative estimate of drug-likeness (QED) is 0.145. The van der Waals surface area contributed by atoms with Gasteiger partial charge in [-0.2, -0.15) is 0 Å². The number of amides is 1. The number of ether oxygens (including phenoxy) is 5. The molecule has 4 fully saturated rings. The van der Waals surface area contributed by atoms with Crippen molar-refractivity contribution in [1.82, 2.24) is 0 Å². The molecule has 11 nitrogen and oxygen atoms in total. The molecule has 6 rings (SSSR count). The van der Waals surface area contributed by atoms with Crippen LogP contribution in [0.3, 0.4) is 0 Å². The Hall–Kier alpha value is -2.22. The first-order valence-electron chi connectivity index (χ1n) is 22.9. The van der Waals surface area contributed by atoms with Gasteiger partial charge in [0.1, 0.15) is 11.9 Å². The van der Waals surface area contributed by atoms with Gasteiger partial charge >= 0.3 is 0 Å². The van der Waals surface area contributed by atoms with Crippen LogP contribution in [0.1, 0.15) is 133 Å². The highest BCUT2D eigenvalue weighted by atomic mass is 16.8. The minimum absolute atomic E-state index is 0.0192. The summed E-state index contributed by atoms with van der Waals surface area (Å²) in [5.74, 6) is -4.60. The molecule has 5 aliphatic heterocycles. The second-order valence-corrected chi connectivity index (χ2v) is 19.4. The fourth-order valence-corrected chi connectivity index (χ4v) is 11.3. The summed E-state index contributed by atoms with van der Waals surface area (Å²) in [5, 5.41) is 37.6. The number of carbonyl (C=O) groups excluding carboxylic acids is 2. The molecule has 0 bridgehead atoms. The molecule has 11 heteroatoms. The van der Waals surface area contributed by atoms with Crippen LogP contribution >= 0.6 is 0 Å². The summed E-state index contributed by atoms with van der Waals surface area (Å²) in [6, 6.07) is 9.45. The van der Waals surface area contributed by atoms with Gasteiger partial charge in [-0.1, -0.05) is 73.6 Å². The molecule has 59 heavy (non-hydrogen) atoms. The van der Waals surface area contributed by atoms with E-state index in [-0.39, 0.29) is 65.7 Å². The molecule has 2 spiro atoms. The van der Waals surface area contributed by atoms with Crippen LogP contribution in [-0.2, 0) is 33.3 Å². The van der Waals surface area contributed by atoms with Crippen molar-refractivity contribution < 1.29 is 48.6 Å². The highest BCUT2D eigenvalue weighted by molar-refractivity contribution is 5.92. The van der Waals surface area contributed by atoms with Crippen molar-refractivity contribution in [2.45, 2.75) is 199 Å². The van der Waals surface area contributed by atoms with E-state index in [0.717, 1.165) is 24.9 Å². The normalized spacial score (nSPS) is 42.6. The molecular formula is C48H75NO10. The molecule has 4 saturated heterocycles. The Morgan fingerprint density at radius 3 is 2.22 bits per heavy atom. The lowest BCUT2D eigenvalue weighted by molar-refractivity contribution is -0.409. The Morgan fingerprint density at radius 1 is 0.881 bits per heavy atom. The monoisotopic (exact) mass is 826 g/mol. The molecule has 1 aromatic rings. The molecule has 5 heterocycles. The summed E-state index contributed by atoms with van der Waals surface area (Å²) in [4.78, 5) is 28.1. The molecular weight excluding hydrogens is 751 g/mol. The summed E-state index contributed by atoms with van der Waals surface area (Å²) in [7, 11) is 0. The number of rotatable bonds is 13. The number of hydrogen-bond acceptors (Lipinski definition) is 10.